The molecule has 1 fully saturated rings. The van der Waals surface area contributed by atoms with Gasteiger partial charge in [0.1, 0.15) is 5.82 Å². The number of methoxy groups -OCH3 is 1. The zero-order valence-corrected chi connectivity index (χ0v) is 20.1. The van der Waals surface area contributed by atoms with Gasteiger partial charge in [-0.05, 0) is 42.6 Å². The lowest BCUT2D eigenvalue weighted by atomic mass is 10.0. The lowest BCUT2D eigenvalue weighted by Gasteiger charge is -2.34. The van der Waals surface area contributed by atoms with Crippen molar-refractivity contribution in [2.75, 3.05) is 27.2 Å². The average molecular weight is 526 g/mol. The van der Waals surface area contributed by atoms with Crippen LogP contribution in [0.3, 0.4) is 0 Å². The second-order valence-corrected chi connectivity index (χ2v) is 7.49. The summed E-state index contributed by atoms with van der Waals surface area (Å²) in [6.07, 6.45) is 2.29. The first kappa shape index (κ1) is 24.6. The summed E-state index contributed by atoms with van der Waals surface area (Å²) in [5, 5.41) is 6.88. The van der Waals surface area contributed by atoms with Gasteiger partial charge in [0.25, 0.3) is 0 Å². The minimum absolute atomic E-state index is 0. The van der Waals surface area contributed by atoms with Crippen molar-refractivity contribution in [3.05, 3.63) is 71.0 Å². The summed E-state index contributed by atoms with van der Waals surface area (Å²) in [6, 6.07) is 16.1. The Labute approximate surface area is 196 Å². The highest BCUT2D eigenvalue weighted by Gasteiger charge is 2.20. The lowest BCUT2D eigenvalue weighted by molar-refractivity contribution is 0.181. The quantitative estimate of drug-likeness (QED) is 0.327. The van der Waals surface area contributed by atoms with Crippen molar-refractivity contribution in [1.29, 1.82) is 0 Å². The molecule has 5 nitrogen and oxygen atoms in total. The van der Waals surface area contributed by atoms with Gasteiger partial charge in [-0.2, -0.15) is 0 Å². The van der Waals surface area contributed by atoms with Crippen LogP contribution in [0.4, 0.5) is 4.39 Å². The number of ether oxygens (including phenoxy) is 1. The number of aliphatic imine (C=N–C) groups is 1. The van der Waals surface area contributed by atoms with Crippen LogP contribution in [0.5, 0.6) is 0 Å². The summed E-state index contributed by atoms with van der Waals surface area (Å²) in [5.41, 5.74) is 2.91. The normalized spacial score (nSPS) is 17.3. The zero-order valence-electron chi connectivity index (χ0n) is 17.7. The van der Waals surface area contributed by atoms with Crippen LogP contribution in [0.1, 0.15) is 29.5 Å². The maximum Gasteiger partial charge on any atom is 0.191 e. The Hall–Kier alpha value is -1.71. The number of piperidine rings is 1. The highest BCUT2D eigenvalue weighted by Crippen LogP contribution is 2.14. The number of nitrogens with one attached hydrogen (secondary N) is 2. The predicted octanol–water partition coefficient (Wildman–Crippen LogP) is 3.92. The topological polar surface area (TPSA) is 48.9 Å². The molecule has 0 aliphatic carbocycles. The molecule has 164 valence electrons. The van der Waals surface area contributed by atoms with E-state index in [1.54, 1.807) is 20.2 Å². The summed E-state index contributed by atoms with van der Waals surface area (Å²) < 4.78 is 18.8. The Kier molecular flexibility index (Phi) is 10.5. The Morgan fingerprint density at radius 1 is 1.20 bits per heavy atom. The van der Waals surface area contributed by atoms with E-state index < -0.39 is 0 Å². The molecule has 0 bridgehead atoms. The van der Waals surface area contributed by atoms with Gasteiger partial charge in [0, 0.05) is 45.4 Å². The molecule has 0 amide bonds. The molecule has 30 heavy (non-hydrogen) atoms. The van der Waals surface area contributed by atoms with E-state index >= 15 is 0 Å². The number of guanidine groups is 1. The number of likely N-dealkylation sites (tertiary alicyclic amines) is 1. The summed E-state index contributed by atoms with van der Waals surface area (Å²) in [5.74, 6) is 0.535. The van der Waals surface area contributed by atoms with E-state index in [0.717, 1.165) is 37.6 Å². The van der Waals surface area contributed by atoms with Gasteiger partial charge in [-0.1, -0.05) is 36.4 Å². The first-order valence-corrected chi connectivity index (χ1v) is 10.2. The smallest absolute Gasteiger partial charge is 0.191 e. The van der Waals surface area contributed by atoms with E-state index in [2.05, 4.69) is 50.9 Å². The molecule has 7 heteroatoms. The van der Waals surface area contributed by atoms with E-state index in [1.165, 1.54) is 18.1 Å². The first-order valence-electron chi connectivity index (χ1n) is 10.2. The van der Waals surface area contributed by atoms with Crippen molar-refractivity contribution in [2.45, 2.75) is 38.6 Å². The molecule has 1 aliphatic heterocycles. The molecule has 0 radical (unpaired) electrons. The van der Waals surface area contributed by atoms with Gasteiger partial charge in [0.2, 0.25) is 0 Å². The Morgan fingerprint density at radius 3 is 2.73 bits per heavy atom. The summed E-state index contributed by atoms with van der Waals surface area (Å²) >= 11 is 0. The van der Waals surface area contributed by atoms with Crippen LogP contribution >= 0.6 is 24.0 Å². The second-order valence-electron chi connectivity index (χ2n) is 7.49. The number of nitrogens with zero attached hydrogens (tertiary/aromatic N) is 2. The van der Waals surface area contributed by atoms with Crippen molar-refractivity contribution in [3.8, 4) is 0 Å². The molecule has 3 rings (SSSR count). The van der Waals surface area contributed by atoms with Crippen molar-refractivity contribution < 1.29 is 9.13 Å². The number of hydrogen-bond acceptors (Lipinski definition) is 3. The van der Waals surface area contributed by atoms with Crippen LogP contribution in [0.25, 0.3) is 0 Å². The van der Waals surface area contributed by atoms with Crippen LogP contribution < -0.4 is 10.6 Å². The molecular weight excluding hydrogens is 494 g/mol. The van der Waals surface area contributed by atoms with Crippen molar-refractivity contribution in [3.63, 3.8) is 0 Å². The SMILES string of the molecule is CN=C(NCc1ccc(F)c(COC)c1)NC1CCCN(Cc2ccccc2)C1.I. The number of benzene rings is 2. The maximum atomic E-state index is 13.8. The van der Waals surface area contributed by atoms with E-state index in [-0.39, 0.29) is 36.4 Å². The number of halogens is 2. The van der Waals surface area contributed by atoms with Gasteiger partial charge in [-0.3, -0.25) is 9.89 Å². The number of hydrogen-bond donors (Lipinski definition) is 2. The van der Waals surface area contributed by atoms with Crippen molar-refractivity contribution in [2.24, 2.45) is 4.99 Å². The van der Waals surface area contributed by atoms with E-state index in [1.807, 2.05) is 6.07 Å². The van der Waals surface area contributed by atoms with Crippen molar-refractivity contribution in [1.82, 2.24) is 15.5 Å². The fourth-order valence-corrected chi connectivity index (χ4v) is 3.74. The standard InChI is InChI=1S/C23H31FN4O.HI/c1-25-23(26-14-19-10-11-22(24)20(13-19)17-29-2)27-21-9-6-12-28(16-21)15-18-7-4-3-5-8-18;/h3-5,7-8,10-11,13,21H,6,9,12,14-17H2,1-2H3,(H2,25,26,27);1H. The predicted molar refractivity (Wildman–Crippen MR) is 131 cm³/mol. The lowest BCUT2D eigenvalue weighted by Crippen LogP contribution is -2.50. The molecule has 1 aliphatic rings. The molecule has 0 aromatic heterocycles. The summed E-state index contributed by atoms with van der Waals surface area (Å²) in [7, 11) is 3.35. The van der Waals surface area contributed by atoms with E-state index in [4.69, 9.17) is 4.74 Å². The fourth-order valence-electron chi connectivity index (χ4n) is 3.74. The number of rotatable bonds is 7. The molecule has 2 aromatic carbocycles. The van der Waals surface area contributed by atoms with E-state index in [9.17, 15) is 4.39 Å². The molecule has 2 aromatic rings. The summed E-state index contributed by atoms with van der Waals surface area (Å²) in [6.45, 7) is 3.94. The van der Waals surface area contributed by atoms with Crippen LogP contribution in [-0.2, 0) is 24.4 Å². The Balaban J connectivity index is 0.00000320. The molecule has 1 atom stereocenters. The molecule has 2 N–H and O–H groups in total. The van der Waals surface area contributed by atoms with Gasteiger partial charge in [-0.25, -0.2) is 4.39 Å². The second kappa shape index (κ2) is 12.9. The minimum Gasteiger partial charge on any atom is -0.380 e. The van der Waals surface area contributed by atoms with Crippen LogP contribution in [0.15, 0.2) is 53.5 Å². The van der Waals surface area contributed by atoms with E-state index in [0.29, 0.717) is 18.2 Å². The highest BCUT2D eigenvalue weighted by molar-refractivity contribution is 14.0. The average Bonchev–Trinajstić information content (AvgIpc) is 2.74. The third-order valence-electron chi connectivity index (χ3n) is 5.19. The van der Waals surface area contributed by atoms with Gasteiger partial charge in [0.05, 0.1) is 6.61 Å². The third kappa shape index (κ3) is 7.52. The van der Waals surface area contributed by atoms with Gasteiger partial charge in [0.15, 0.2) is 5.96 Å². The van der Waals surface area contributed by atoms with Gasteiger partial charge in [-0.15, -0.1) is 24.0 Å². The van der Waals surface area contributed by atoms with Crippen LogP contribution in [0.2, 0.25) is 0 Å². The van der Waals surface area contributed by atoms with Crippen LogP contribution in [-0.4, -0.2) is 44.1 Å². The molecule has 1 unspecified atom stereocenters. The molecule has 0 spiro atoms. The molecular formula is C23H32FIN4O. The highest BCUT2D eigenvalue weighted by atomic mass is 127. The van der Waals surface area contributed by atoms with Gasteiger partial charge < -0.3 is 15.4 Å². The third-order valence-corrected chi connectivity index (χ3v) is 5.19. The Morgan fingerprint density at radius 2 is 2.00 bits per heavy atom. The van der Waals surface area contributed by atoms with Crippen molar-refractivity contribution >= 4 is 29.9 Å². The molecule has 1 heterocycles. The maximum absolute atomic E-state index is 13.8. The molecule has 0 saturated carbocycles. The largest absolute Gasteiger partial charge is 0.380 e. The monoisotopic (exact) mass is 526 g/mol. The fraction of sp³-hybridized carbons (Fsp3) is 0.435. The zero-order chi connectivity index (χ0) is 20.5. The minimum atomic E-state index is -0.237. The van der Waals surface area contributed by atoms with Gasteiger partial charge >= 0.3 is 0 Å². The summed E-state index contributed by atoms with van der Waals surface area (Å²) in [4.78, 5) is 6.85. The Bertz CT molecular complexity index is 803. The molecule has 1 saturated heterocycles. The van der Waals surface area contributed by atoms with Crippen LogP contribution in [0, 0.1) is 5.82 Å². The first-order chi connectivity index (χ1) is 14.2.